The van der Waals surface area contributed by atoms with Crippen LogP contribution in [-0.2, 0) is 18.3 Å². The first-order chi connectivity index (χ1) is 8.29. The molecule has 2 aromatic rings. The van der Waals surface area contributed by atoms with E-state index in [-0.39, 0.29) is 0 Å². The minimum Gasteiger partial charge on any atom is -0.383 e. The molecule has 0 saturated carbocycles. The van der Waals surface area contributed by atoms with Gasteiger partial charge >= 0.3 is 0 Å². The highest BCUT2D eigenvalue weighted by Crippen LogP contribution is 2.07. The van der Waals surface area contributed by atoms with E-state index in [2.05, 4.69) is 15.4 Å². The van der Waals surface area contributed by atoms with Crippen molar-refractivity contribution < 1.29 is 4.74 Å². The van der Waals surface area contributed by atoms with Crippen molar-refractivity contribution in [3.8, 4) is 0 Å². The Labute approximate surface area is 100 Å². The van der Waals surface area contributed by atoms with Crippen LogP contribution in [0.25, 0.3) is 0 Å². The third-order valence-electron chi connectivity index (χ3n) is 2.41. The fraction of sp³-hybridized carbons (Fsp3) is 0.455. The molecule has 2 heterocycles. The summed E-state index contributed by atoms with van der Waals surface area (Å²) in [6, 6.07) is 2.00. The normalized spacial score (nSPS) is 10.7. The zero-order valence-electron chi connectivity index (χ0n) is 10.1. The molecule has 0 amide bonds. The molecule has 0 aliphatic carbocycles. The Hall–Kier alpha value is -1.82. The molecule has 0 fully saturated rings. The number of imidazole rings is 1. The number of rotatable bonds is 6. The molecular formula is C11H17N5O. The molecule has 0 unspecified atom stereocenters. The Morgan fingerprint density at radius 3 is 3.00 bits per heavy atom. The predicted molar refractivity (Wildman–Crippen MR) is 64.9 cm³/mol. The Kier molecular flexibility index (Phi) is 3.77. The van der Waals surface area contributed by atoms with Gasteiger partial charge in [-0.15, -0.1) is 0 Å². The van der Waals surface area contributed by atoms with Crippen molar-refractivity contribution in [1.82, 2.24) is 19.3 Å². The SMILES string of the molecule is COCCNc1nccn1Cc1ccn(C)n1. The van der Waals surface area contributed by atoms with E-state index in [4.69, 9.17) is 4.74 Å². The number of ether oxygens (including phenoxy) is 1. The highest BCUT2D eigenvalue weighted by atomic mass is 16.5. The average molecular weight is 235 g/mol. The number of aromatic nitrogens is 4. The van der Waals surface area contributed by atoms with Crippen molar-refractivity contribution in [2.45, 2.75) is 6.54 Å². The molecule has 6 nitrogen and oxygen atoms in total. The highest BCUT2D eigenvalue weighted by Gasteiger charge is 2.04. The summed E-state index contributed by atoms with van der Waals surface area (Å²) in [7, 11) is 3.59. The molecule has 0 saturated heterocycles. The number of anilines is 1. The Morgan fingerprint density at radius 1 is 1.41 bits per heavy atom. The van der Waals surface area contributed by atoms with Crippen LogP contribution in [0.3, 0.4) is 0 Å². The summed E-state index contributed by atoms with van der Waals surface area (Å²) >= 11 is 0. The topological polar surface area (TPSA) is 56.9 Å². The molecule has 0 bridgehead atoms. The monoisotopic (exact) mass is 235 g/mol. The molecule has 0 radical (unpaired) electrons. The second-order valence-electron chi connectivity index (χ2n) is 3.78. The van der Waals surface area contributed by atoms with Crippen LogP contribution in [0.4, 0.5) is 5.95 Å². The Bertz CT molecular complexity index is 462. The van der Waals surface area contributed by atoms with Crippen LogP contribution in [0.2, 0.25) is 0 Å². The van der Waals surface area contributed by atoms with Crippen molar-refractivity contribution in [1.29, 1.82) is 0 Å². The maximum absolute atomic E-state index is 4.99. The number of hydrogen-bond donors (Lipinski definition) is 1. The van der Waals surface area contributed by atoms with E-state index in [1.807, 2.05) is 30.1 Å². The Balaban J connectivity index is 1.98. The van der Waals surface area contributed by atoms with Gasteiger partial charge in [-0.1, -0.05) is 0 Å². The van der Waals surface area contributed by atoms with Crippen molar-refractivity contribution in [3.63, 3.8) is 0 Å². The number of nitrogens with one attached hydrogen (secondary N) is 1. The second-order valence-corrected chi connectivity index (χ2v) is 3.78. The lowest BCUT2D eigenvalue weighted by molar-refractivity contribution is 0.210. The number of hydrogen-bond acceptors (Lipinski definition) is 4. The van der Waals surface area contributed by atoms with Gasteiger partial charge in [0.15, 0.2) is 0 Å². The minimum atomic E-state index is 0.663. The summed E-state index contributed by atoms with van der Waals surface area (Å²) < 4.78 is 8.81. The van der Waals surface area contributed by atoms with Gasteiger partial charge in [-0.25, -0.2) is 4.98 Å². The first-order valence-electron chi connectivity index (χ1n) is 5.52. The van der Waals surface area contributed by atoms with Gasteiger partial charge < -0.3 is 14.6 Å². The molecule has 2 aromatic heterocycles. The van der Waals surface area contributed by atoms with Gasteiger partial charge in [0.25, 0.3) is 0 Å². The van der Waals surface area contributed by atoms with Gasteiger partial charge in [-0.3, -0.25) is 4.68 Å². The molecule has 0 aromatic carbocycles. The van der Waals surface area contributed by atoms with E-state index in [1.54, 1.807) is 18.0 Å². The summed E-state index contributed by atoms with van der Waals surface area (Å²) in [5.41, 5.74) is 1.01. The van der Waals surface area contributed by atoms with Gasteiger partial charge in [-0.2, -0.15) is 5.10 Å². The van der Waals surface area contributed by atoms with E-state index in [9.17, 15) is 0 Å². The molecule has 0 atom stereocenters. The van der Waals surface area contributed by atoms with Crippen LogP contribution < -0.4 is 5.32 Å². The molecule has 0 aliphatic rings. The van der Waals surface area contributed by atoms with Gasteiger partial charge in [0.1, 0.15) is 0 Å². The van der Waals surface area contributed by atoms with Crippen LogP contribution in [0, 0.1) is 0 Å². The molecule has 92 valence electrons. The lowest BCUT2D eigenvalue weighted by atomic mass is 10.4. The maximum atomic E-state index is 4.99. The zero-order valence-corrected chi connectivity index (χ0v) is 10.1. The molecule has 0 spiro atoms. The number of nitrogens with zero attached hydrogens (tertiary/aromatic N) is 4. The second kappa shape index (κ2) is 5.49. The fourth-order valence-corrected chi connectivity index (χ4v) is 1.59. The molecule has 1 N–H and O–H groups in total. The molecule has 17 heavy (non-hydrogen) atoms. The zero-order chi connectivity index (χ0) is 12.1. The standard InChI is InChI=1S/C11H17N5O/c1-15-6-3-10(14-15)9-16-7-4-12-11(16)13-5-8-17-2/h3-4,6-7H,5,8-9H2,1-2H3,(H,12,13). The summed E-state index contributed by atoms with van der Waals surface area (Å²) in [4.78, 5) is 4.25. The van der Waals surface area contributed by atoms with Crippen LogP contribution in [0.15, 0.2) is 24.7 Å². The summed E-state index contributed by atoms with van der Waals surface area (Å²) in [6.07, 6.45) is 5.65. The summed E-state index contributed by atoms with van der Waals surface area (Å²) in [6.45, 7) is 2.13. The Morgan fingerprint density at radius 2 is 2.29 bits per heavy atom. The number of methoxy groups -OCH3 is 1. The minimum absolute atomic E-state index is 0.663. The maximum Gasteiger partial charge on any atom is 0.203 e. The first kappa shape index (κ1) is 11.7. The fourth-order valence-electron chi connectivity index (χ4n) is 1.59. The lowest BCUT2D eigenvalue weighted by Gasteiger charge is -2.07. The van der Waals surface area contributed by atoms with Crippen molar-refractivity contribution in [3.05, 3.63) is 30.4 Å². The predicted octanol–water partition coefficient (Wildman–Crippen LogP) is 0.723. The third kappa shape index (κ3) is 3.07. The van der Waals surface area contributed by atoms with E-state index in [0.29, 0.717) is 6.61 Å². The van der Waals surface area contributed by atoms with Crippen molar-refractivity contribution >= 4 is 5.95 Å². The van der Waals surface area contributed by atoms with Gasteiger partial charge in [0.05, 0.1) is 18.8 Å². The van der Waals surface area contributed by atoms with E-state index in [1.165, 1.54) is 0 Å². The van der Waals surface area contributed by atoms with Gasteiger partial charge in [-0.05, 0) is 6.07 Å². The number of aryl methyl sites for hydroxylation is 1. The first-order valence-corrected chi connectivity index (χ1v) is 5.52. The smallest absolute Gasteiger partial charge is 0.203 e. The molecule has 0 aliphatic heterocycles. The third-order valence-corrected chi connectivity index (χ3v) is 2.41. The van der Waals surface area contributed by atoms with Crippen LogP contribution in [0.1, 0.15) is 5.69 Å². The summed E-state index contributed by atoms with van der Waals surface area (Å²) in [5, 5.41) is 7.55. The molecular weight excluding hydrogens is 218 g/mol. The van der Waals surface area contributed by atoms with Crippen molar-refractivity contribution in [2.24, 2.45) is 7.05 Å². The molecule has 2 rings (SSSR count). The molecule has 6 heteroatoms. The largest absolute Gasteiger partial charge is 0.383 e. The van der Waals surface area contributed by atoms with E-state index >= 15 is 0 Å². The van der Waals surface area contributed by atoms with Gasteiger partial charge in [0.2, 0.25) is 5.95 Å². The van der Waals surface area contributed by atoms with Crippen molar-refractivity contribution in [2.75, 3.05) is 25.6 Å². The average Bonchev–Trinajstić information content (AvgIpc) is 2.90. The highest BCUT2D eigenvalue weighted by molar-refractivity contribution is 5.26. The quantitative estimate of drug-likeness (QED) is 0.750. The summed E-state index contributed by atoms with van der Waals surface area (Å²) in [5.74, 6) is 0.840. The van der Waals surface area contributed by atoms with Crippen LogP contribution >= 0.6 is 0 Å². The lowest BCUT2D eigenvalue weighted by Crippen LogP contribution is -2.13. The van der Waals surface area contributed by atoms with Gasteiger partial charge in [0, 0.05) is 39.3 Å². The van der Waals surface area contributed by atoms with E-state index < -0.39 is 0 Å². The van der Waals surface area contributed by atoms with Crippen LogP contribution in [0.5, 0.6) is 0 Å². The van der Waals surface area contributed by atoms with Crippen LogP contribution in [-0.4, -0.2) is 39.6 Å². The van der Waals surface area contributed by atoms with E-state index in [0.717, 1.165) is 24.7 Å².